The predicted octanol–water partition coefficient (Wildman–Crippen LogP) is 0.603. The van der Waals surface area contributed by atoms with Crippen LogP contribution in [0.4, 0.5) is 5.82 Å². The summed E-state index contributed by atoms with van der Waals surface area (Å²) in [7, 11) is 1.88. The first-order valence-corrected chi connectivity index (χ1v) is 6.61. The van der Waals surface area contributed by atoms with Gasteiger partial charge in [-0.3, -0.25) is 14.9 Å². The zero-order chi connectivity index (χ0) is 14.9. The van der Waals surface area contributed by atoms with Crippen LogP contribution in [0.2, 0.25) is 0 Å². The first-order chi connectivity index (χ1) is 9.36. The number of aromatic nitrogens is 1. The van der Waals surface area contributed by atoms with Crippen LogP contribution in [0.5, 0.6) is 0 Å². The number of pyridine rings is 1. The Hall–Kier alpha value is -1.95. The maximum Gasteiger partial charge on any atom is 0.251 e. The van der Waals surface area contributed by atoms with Gasteiger partial charge in [-0.2, -0.15) is 0 Å². The van der Waals surface area contributed by atoms with Crippen LogP contribution < -0.4 is 15.5 Å². The normalized spacial score (nSPS) is 19.7. The van der Waals surface area contributed by atoms with E-state index >= 15 is 0 Å². The minimum Gasteiger partial charge on any atom is -0.333 e. The summed E-state index contributed by atoms with van der Waals surface area (Å²) in [6.07, 6.45) is 1.70. The lowest BCUT2D eigenvalue weighted by molar-refractivity contribution is -0.135. The van der Waals surface area contributed by atoms with E-state index in [9.17, 15) is 9.59 Å². The Morgan fingerprint density at radius 1 is 1.45 bits per heavy atom. The fraction of sp³-hybridized carbons (Fsp3) is 0.500. The number of hydrogen-bond donors (Lipinski definition) is 2. The van der Waals surface area contributed by atoms with Crippen molar-refractivity contribution in [2.45, 2.75) is 32.4 Å². The van der Waals surface area contributed by atoms with Crippen molar-refractivity contribution in [1.82, 2.24) is 15.6 Å². The summed E-state index contributed by atoms with van der Waals surface area (Å²) in [5.41, 5.74) is 0.259. The van der Waals surface area contributed by atoms with Crippen molar-refractivity contribution >= 4 is 17.6 Å². The molecule has 1 aromatic rings. The van der Waals surface area contributed by atoms with Crippen molar-refractivity contribution in [2.24, 2.45) is 0 Å². The van der Waals surface area contributed by atoms with Crippen LogP contribution in [0.25, 0.3) is 0 Å². The molecule has 1 atom stereocenters. The summed E-state index contributed by atoms with van der Waals surface area (Å²) in [5, 5.41) is 5.52. The Morgan fingerprint density at radius 3 is 2.80 bits per heavy atom. The van der Waals surface area contributed by atoms with Gasteiger partial charge < -0.3 is 10.2 Å². The van der Waals surface area contributed by atoms with Crippen molar-refractivity contribution < 1.29 is 9.59 Å². The molecule has 0 saturated carbocycles. The molecular weight excluding hydrogens is 256 g/mol. The molecule has 20 heavy (non-hydrogen) atoms. The second kappa shape index (κ2) is 5.20. The number of piperazine rings is 1. The molecule has 1 saturated heterocycles. The third-order valence-corrected chi connectivity index (χ3v) is 3.76. The average Bonchev–Trinajstić information content (AvgIpc) is 2.42. The van der Waals surface area contributed by atoms with Crippen LogP contribution in [0.1, 0.15) is 32.4 Å². The lowest BCUT2D eigenvalue weighted by Gasteiger charge is -2.41. The van der Waals surface area contributed by atoms with Crippen molar-refractivity contribution in [2.75, 3.05) is 18.5 Å². The van der Waals surface area contributed by atoms with Gasteiger partial charge in [-0.05, 0) is 45.5 Å². The molecule has 0 radical (unpaired) electrons. The lowest BCUT2D eigenvalue weighted by atomic mass is 9.98. The number of hydrogen-bond acceptors (Lipinski definition) is 5. The molecule has 1 aliphatic rings. The largest absolute Gasteiger partial charge is 0.333 e. The summed E-state index contributed by atoms with van der Waals surface area (Å²) in [4.78, 5) is 29.6. The zero-order valence-electron chi connectivity index (χ0n) is 12.2. The van der Waals surface area contributed by atoms with Crippen molar-refractivity contribution in [1.29, 1.82) is 0 Å². The highest BCUT2D eigenvalue weighted by Crippen LogP contribution is 2.26. The van der Waals surface area contributed by atoms with Gasteiger partial charge in [0.2, 0.25) is 5.91 Å². The number of anilines is 1. The summed E-state index contributed by atoms with van der Waals surface area (Å²) in [6.45, 7) is 5.73. The molecule has 6 heteroatoms. The smallest absolute Gasteiger partial charge is 0.251 e. The maximum atomic E-state index is 12.0. The molecule has 108 valence electrons. The van der Waals surface area contributed by atoms with Crippen LogP contribution in [-0.4, -0.2) is 35.9 Å². The number of carbonyl (C=O) groups is 2. The molecule has 2 N–H and O–H groups in total. The average molecular weight is 276 g/mol. The molecule has 1 aromatic heterocycles. The number of imide groups is 1. The topological polar surface area (TPSA) is 74.3 Å². The lowest BCUT2D eigenvalue weighted by Crippen LogP contribution is -2.64. The van der Waals surface area contributed by atoms with Gasteiger partial charge in [0, 0.05) is 12.2 Å². The van der Waals surface area contributed by atoms with Gasteiger partial charge in [0.1, 0.15) is 11.4 Å². The third kappa shape index (κ3) is 2.51. The molecule has 0 bridgehead atoms. The Kier molecular flexibility index (Phi) is 3.76. The van der Waals surface area contributed by atoms with E-state index in [1.54, 1.807) is 24.9 Å². The Labute approximate surface area is 118 Å². The zero-order valence-corrected chi connectivity index (χ0v) is 12.2. The summed E-state index contributed by atoms with van der Waals surface area (Å²) in [6, 6.07) is 4.01. The fourth-order valence-corrected chi connectivity index (χ4v) is 2.17. The van der Waals surface area contributed by atoms with E-state index < -0.39 is 5.54 Å². The Balaban J connectivity index is 2.38. The summed E-state index contributed by atoms with van der Waals surface area (Å²) in [5.74, 6) is 0.0311. The number of carbonyl (C=O) groups excluding carboxylic acids is 2. The van der Waals surface area contributed by atoms with Crippen molar-refractivity contribution in [3.05, 3.63) is 23.9 Å². The number of nitrogens with one attached hydrogen (secondary N) is 2. The molecule has 6 nitrogen and oxygen atoms in total. The van der Waals surface area contributed by atoms with Crippen LogP contribution >= 0.6 is 0 Å². The predicted molar refractivity (Wildman–Crippen MR) is 76.3 cm³/mol. The van der Waals surface area contributed by atoms with E-state index in [4.69, 9.17) is 0 Å². The molecule has 0 spiro atoms. The van der Waals surface area contributed by atoms with Gasteiger partial charge in [0.05, 0.1) is 6.54 Å². The third-order valence-electron chi connectivity index (χ3n) is 3.76. The monoisotopic (exact) mass is 276 g/mol. The molecule has 0 aromatic carbocycles. The second-order valence-corrected chi connectivity index (χ2v) is 5.48. The highest BCUT2D eigenvalue weighted by Gasteiger charge is 2.41. The van der Waals surface area contributed by atoms with Gasteiger partial charge in [-0.25, -0.2) is 4.98 Å². The molecule has 1 aliphatic heterocycles. The van der Waals surface area contributed by atoms with E-state index in [0.29, 0.717) is 5.82 Å². The van der Waals surface area contributed by atoms with Crippen molar-refractivity contribution in [3.8, 4) is 0 Å². The molecule has 0 aliphatic carbocycles. The first-order valence-electron chi connectivity index (χ1n) is 6.61. The van der Waals surface area contributed by atoms with Crippen LogP contribution in [0.15, 0.2) is 18.3 Å². The van der Waals surface area contributed by atoms with E-state index in [2.05, 4.69) is 15.6 Å². The second-order valence-electron chi connectivity index (χ2n) is 5.48. The highest BCUT2D eigenvalue weighted by atomic mass is 16.2. The highest BCUT2D eigenvalue weighted by molar-refractivity contribution is 6.06. The summed E-state index contributed by atoms with van der Waals surface area (Å²) < 4.78 is 0. The molecule has 1 unspecified atom stereocenters. The molecule has 1 fully saturated rings. The van der Waals surface area contributed by atoms with Gasteiger partial charge >= 0.3 is 0 Å². The summed E-state index contributed by atoms with van der Waals surface area (Å²) >= 11 is 0. The van der Waals surface area contributed by atoms with Gasteiger partial charge in [0.25, 0.3) is 5.91 Å². The molecule has 2 heterocycles. The van der Waals surface area contributed by atoms with Gasteiger partial charge in [0.15, 0.2) is 0 Å². The number of nitrogens with zero attached hydrogens (tertiary/aromatic N) is 2. The SMILES string of the molecule is CNC(C)c1ccnc(N2CC(=O)NC(=O)C2(C)C)c1. The van der Waals surface area contributed by atoms with E-state index in [1.165, 1.54) is 0 Å². The quantitative estimate of drug-likeness (QED) is 0.791. The molecule has 2 amide bonds. The van der Waals surface area contributed by atoms with Gasteiger partial charge in [-0.15, -0.1) is 0 Å². The Morgan fingerprint density at radius 2 is 2.15 bits per heavy atom. The standard InChI is InChI=1S/C14H20N4O2/c1-9(15-4)10-5-6-16-11(7-10)18-8-12(19)17-13(20)14(18,2)3/h5-7,9,15H,8H2,1-4H3,(H,17,19,20). The van der Waals surface area contributed by atoms with Crippen LogP contribution in [0, 0.1) is 0 Å². The van der Waals surface area contributed by atoms with Crippen LogP contribution in [-0.2, 0) is 9.59 Å². The van der Waals surface area contributed by atoms with E-state index in [-0.39, 0.29) is 24.4 Å². The van der Waals surface area contributed by atoms with E-state index in [0.717, 1.165) is 5.56 Å². The fourth-order valence-electron chi connectivity index (χ4n) is 2.17. The maximum absolute atomic E-state index is 12.0. The number of rotatable bonds is 3. The van der Waals surface area contributed by atoms with Crippen molar-refractivity contribution in [3.63, 3.8) is 0 Å². The Bertz CT molecular complexity index is 542. The van der Waals surface area contributed by atoms with Gasteiger partial charge in [-0.1, -0.05) is 0 Å². The van der Waals surface area contributed by atoms with Crippen LogP contribution in [0.3, 0.4) is 0 Å². The van der Waals surface area contributed by atoms with E-state index in [1.807, 2.05) is 26.1 Å². The number of amides is 2. The minimum absolute atomic E-state index is 0.128. The first kappa shape index (κ1) is 14.5. The molecule has 2 rings (SSSR count). The molecular formula is C14H20N4O2. The minimum atomic E-state index is -0.803.